The Balaban J connectivity index is 2.85. The zero-order valence-electron chi connectivity index (χ0n) is 9.60. The molecule has 1 unspecified atom stereocenters. The molecule has 0 spiro atoms. The SMILES string of the molecule is O=C(NCC(O)C(F)(F)F)c1cc([N+](=O)[O-])c[nH]c1=O. The Morgan fingerprint density at radius 3 is 2.65 bits per heavy atom. The van der Waals surface area contributed by atoms with Gasteiger partial charge in [0, 0.05) is 6.07 Å². The lowest BCUT2D eigenvalue weighted by Crippen LogP contribution is -2.41. The average Bonchev–Trinajstić information content (AvgIpc) is 2.34. The average molecular weight is 295 g/mol. The molecule has 8 nitrogen and oxygen atoms in total. The summed E-state index contributed by atoms with van der Waals surface area (Å²) in [6.45, 7) is -1.18. The minimum absolute atomic E-state index is 0.605. The number of aliphatic hydroxyl groups is 1. The molecule has 1 heterocycles. The highest BCUT2D eigenvalue weighted by molar-refractivity contribution is 5.94. The van der Waals surface area contributed by atoms with Crippen LogP contribution in [0.15, 0.2) is 17.1 Å². The molecule has 110 valence electrons. The molecule has 0 aliphatic heterocycles. The van der Waals surface area contributed by atoms with Gasteiger partial charge < -0.3 is 15.4 Å². The number of aromatic nitrogens is 1. The van der Waals surface area contributed by atoms with Gasteiger partial charge in [0.25, 0.3) is 17.2 Å². The lowest BCUT2D eigenvalue weighted by atomic mass is 10.2. The summed E-state index contributed by atoms with van der Waals surface area (Å²) < 4.78 is 36.0. The lowest BCUT2D eigenvalue weighted by Gasteiger charge is -2.14. The molecule has 0 saturated carbocycles. The normalized spacial score (nSPS) is 12.8. The summed E-state index contributed by atoms with van der Waals surface area (Å²) in [6, 6.07) is 0.619. The minimum Gasteiger partial charge on any atom is -0.382 e. The number of amides is 1. The van der Waals surface area contributed by atoms with E-state index in [0.29, 0.717) is 6.07 Å². The molecule has 1 amide bonds. The molecule has 11 heteroatoms. The van der Waals surface area contributed by atoms with Crippen molar-refractivity contribution in [3.8, 4) is 0 Å². The third-order valence-corrected chi connectivity index (χ3v) is 2.18. The Bertz CT molecular complexity index is 583. The van der Waals surface area contributed by atoms with Gasteiger partial charge in [-0.15, -0.1) is 0 Å². The van der Waals surface area contributed by atoms with Gasteiger partial charge in [-0.2, -0.15) is 13.2 Å². The molecule has 1 aromatic heterocycles. The van der Waals surface area contributed by atoms with Crippen molar-refractivity contribution < 1.29 is 28.0 Å². The minimum atomic E-state index is -4.93. The van der Waals surface area contributed by atoms with Crippen molar-refractivity contribution in [3.63, 3.8) is 0 Å². The molecular weight excluding hydrogens is 287 g/mol. The van der Waals surface area contributed by atoms with Crippen LogP contribution in [0, 0.1) is 10.1 Å². The maximum atomic E-state index is 12.0. The van der Waals surface area contributed by atoms with Crippen molar-refractivity contribution >= 4 is 11.6 Å². The zero-order chi connectivity index (χ0) is 15.5. The molecule has 0 aromatic carbocycles. The van der Waals surface area contributed by atoms with Crippen LogP contribution in [0.3, 0.4) is 0 Å². The third kappa shape index (κ3) is 3.78. The molecule has 3 N–H and O–H groups in total. The number of halogens is 3. The van der Waals surface area contributed by atoms with Crippen LogP contribution < -0.4 is 10.9 Å². The highest BCUT2D eigenvalue weighted by Gasteiger charge is 2.38. The highest BCUT2D eigenvalue weighted by atomic mass is 19.4. The summed E-state index contributed by atoms with van der Waals surface area (Å²) >= 11 is 0. The molecule has 1 aromatic rings. The second-order valence-electron chi connectivity index (χ2n) is 3.63. The first-order valence-electron chi connectivity index (χ1n) is 5.03. The number of pyridine rings is 1. The van der Waals surface area contributed by atoms with E-state index < -0.39 is 46.5 Å². The fourth-order valence-electron chi connectivity index (χ4n) is 1.15. The van der Waals surface area contributed by atoms with Crippen molar-refractivity contribution in [1.29, 1.82) is 0 Å². The van der Waals surface area contributed by atoms with Gasteiger partial charge in [0.1, 0.15) is 5.56 Å². The molecule has 1 rings (SSSR count). The van der Waals surface area contributed by atoms with E-state index in [0.717, 1.165) is 6.20 Å². The summed E-state index contributed by atoms with van der Waals surface area (Å²) in [5, 5.41) is 20.8. The predicted octanol–water partition coefficient (Wildman–Crippen LogP) is -0.0639. The second-order valence-corrected chi connectivity index (χ2v) is 3.63. The molecular formula is C9H8F3N3O5. The standard InChI is InChI=1S/C9H8F3N3O5/c10-9(11,12)6(16)3-14-8(18)5-1-4(15(19)20)2-13-7(5)17/h1-2,6,16H,3H2,(H,13,17)(H,14,18). The number of aromatic amines is 1. The predicted molar refractivity (Wildman–Crippen MR) is 58.1 cm³/mol. The Hall–Kier alpha value is -2.43. The Labute approximate surface area is 108 Å². The fourth-order valence-corrected chi connectivity index (χ4v) is 1.15. The number of H-pyrrole nitrogens is 1. The van der Waals surface area contributed by atoms with Crippen molar-refractivity contribution in [2.45, 2.75) is 12.3 Å². The highest BCUT2D eigenvalue weighted by Crippen LogP contribution is 2.19. The van der Waals surface area contributed by atoms with Crippen LogP contribution in [-0.2, 0) is 0 Å². The van der Waals surface area contributed by atoms with Gasteiger partial charge in [0.05, 0.1) is 17.7 Å². The molecule has 20 heavy (non-hydrogen) atoms. The van der Waals surface area contributed by atoms with E-state index in [4.69, 9.17) is 5.11 Å². The van der Waals surface area contributed by atoms with E-state index in [1.165, 1.54) is 0 Å². The fraction of sp³-hybridized carbons (Fsp3) is 0.333. The van der Waals surface area contributed by atoms with Crippen LogP contribution in [0.2, 0.25) is 0 Å². The Morgan fingerprint density at radius 2 is 2.15 bits per heavy atom. The summed E-state index contributed by atoms with van der Waals surface area (Å²) in [5.74, 6) is -1.27. The molecule has 0 bridgehead atoms. The Morgan fingerprint density at radius 1 is 1.55 bits per heavy atom. The molecule has 0 aliphatic rings. The summed E-state index contributed by atoms with van der Waals surface area (Å²) in [4.78, 5) is 34.2. The quantitative estimate of drug-likeness (QED) is 0.530. The maximum Gasteiger partial charge on any atom is 0.416 e. The van der Waals surface area contributed by atoms with Crippen molar-refractivity contribution in [2.24, 2.45) is 0 Å². The first-order valence-corrected chi connectivity index (χ1v) is 5.03. The number of nitrogens with one attached hydrogen (secondary N) is 2. The first-order chi connectivity index (χ1) is 9.12. The van der Waals surface area contributed by atoms with E-state index in [-0.39, 0.29) is 0 Å². The number of carbonyl (C=O) groups is 1. The number of nitro groups is 1. The number of alkyl halides is 3. The van der Waals surface area contributed by atoms with Gasteiger partial charge >= 0.3 is 6.18 Å². The van der Waals surface area contributed by atoms with Crippen LogP contribution >= 0.6 is 0 Å². The van der Waals surface area contributed by atoms with E-state index in [9.17, 15) is 32.9 Å². The van der Waals surface area contributed by atoms with E-state index in [2.05, 4.69) is 0 Å². The number of nitrogens with zero attached hydrogens (tertiary/aromatic N) is 1. The number of carbonyl (C=O) groups excluding carboxylic acids is 1. The topological polar surface area (TPSA) is 125 Å². The number of hydrogen-bond donors (Lipinski definition) is 3. The zero-order valence-corrected chi connectivity index (χ0v) is 9.60. The van der Waals surface area contributed by atoms with E-state index >= 15 is 0 Å². The van der Waals surface area contributed by atoms with Gasteiger partial charge in [-0.3, -0.25) is 19.7 Å². The van der Waals surface area contributed by atoms with Gasteiger partial charge in [0.15, 0.2) is 6.10 Å². The largest absolute Gasteiger partial charge is 0.416 e. The van der Waals surface area contributed by atoms with Gasteiger partial charge in [-0.05, 0) is 0 Å². The molecule has 0 fully saturated rings. The molecule has 0 radical (unpaired) electrons. The van der Waals surface area contributed by atoms with Crippen LogP contribution in [0.4, 0.5) is 18.9 Å². The molecule has 0 saturated heterocycles. The van der Waals surface area contributed by atoms with Crippen molar-refractivity contribution in [2.75, 3.05) is 6.54 Å². The third-order valence-electron chi connectivity index (χ3n) is 2.18. The van der Waals surface area contributed by atoms with Crippen LogP contribution in [-0.4, -0.2) is 39.7 Å². The Kier molecular flexibility index (Phi) is 4.45. The molecule has 1 atom stereocenters. The summed E-state index contributed by atoms with van der Waals surface area (Å²) in [7, 11) is 0. The van der Waals surface area contributed by atoms with E-state index in [1.807, 2.05) is 4.98 Å². The van der Waals surface area contributed by atoms with Gasteiger partial charge in [-0.1, -0.05) is 0 Å². The number of hydrogen-bond acceptors (Lipinski definition) is 5. The van der Waals surface area contributed by atoms with Crippen LogP contribution in [0.25, 0.3) is 0 Å². The van der Waals surface area contributed by atoms with Crippen molar-refractivity contribution in [3.05, 3.63) is 38.3 Å². The lowest BCUT2D eigenvalue weighted by molar-refractivity contribution is -0.385. The van der Waals surface area contributed by atoms with Crippen LogP contribution in [0.5, 0.6) is 0 Å². The second kappa shape index (κ2) is 5.69. The first kappa shape index (κ1) is 15.6. The number of aliphatic hydroxyl groups excluding tert-OH is 1. The smallest absolute Gasteiger partial charge is 0.382 e. The van der Waals surface area contributed by atoms with Crippen molar-refractivity contribution in [1.82, 2.24) is 10.3 Å². The summed E-state index contributed by atoms with van der Waals surface area (Å²) in [6.07, 6.45) is -6.99. The van der Waals surface area contributed by atoms with E-state index in [1.54, 1.807) is 5.32 Å². The summed E-state index contributed by atoms with van der Waals surface area (Å²) in [5.41, 5.74) is -2.34. The molecule has 0 aliphatic carbocycles. The van der Waals surface area contributed by atoms with Gasteiger partial charge in [0.2, 0.25) is 0 Å². The number of rotatable bonds is 4. The van der Waals surface area contributed by atoms with Gasteiger partial charge in [-0.25, -0.2) is 0 Å². The van der Waals surface area contributed by atoms with Crippen LogP contribution in [0.1, 0.15) is 10.4 Å². The maximum absolute atomic E-state index is 12.0. The monoisotopic (exact) mass is 295 g/mol.